The van der Waals surface area contributed by atoms with Crippen molar-refractivity contribution >= 4 is 114 Å². The van der Waals surface area contributed by atoms with Crippen molar-refractivity contribution < 1.29 is 19.2 Å². The molecule has 0 aliphatic carbocycles. The number of unbranched alkanes of at least 4 members (excludes halogenated alkanes) is 3. The molecule has 0 aliphatic heterocycles. The number of benzene rings is 2. The maximum atomic E-state index is 13.6. The van der Waals surface area contributed by atoms with Crippen LogP contribution in [-0.4, -0.2) is 83.2 Å². The third-order valence-corrected chi connectivity index (χ3v) is 10.8. The Labute approximate surface area is 356 Å². The summed E-state index contributed by atoms with van der Waals surface area (Å²) in [5, 5.41) is 31.5. The minimum Gasteiger partial charge on any atom is -0.370 e. The Morgan fingerprint density at radius 3 is 1.39 bits per heavy atom. The lowest BCUT2D eigenvalue weighted by atomic mass is 10.2. The van der Waals surface area contributed by atoms with Crippen LogP contribution in [0.15, 0.2) is 55.4 Å². The van der Waals surface area contributed by atoms with Gasteiger partial charge in [-0.1, -0.05) is 38.3 Å². The van der Waals surface area contributed by atoms with E-state index < -0.39 is 11.8 Å². The van der Waals surface area contributed by atoms with E-state index in [-0.39, 0.29) is 48.0 Å². The molecule has 0 radical (unpaired) electrons. The highest BCUT2D eigenvalue weighted by Crippen LogP contribution is 2.39. The SMILES string of the molecule is N=C(N)NCCCCCC(=O)Nc1cc(Br)cc(NC(=O)c2cc(C(=O)Nc3cc(Br)cc(NC(=O)CCCCNC(=N)N)c3SCCN)ncn2)c1SCCN. The van der Waals surface area contributed by atoms with Crippen LogP contribution < -0.4 is 54.8 Å². The van der Waals surface area contributed by atoms with Gasteiger partial charge in [-0.05, 0) is 49.9 Å². The number of carbonyl (C=O) groups excluding carboxylic acids is 4. The van der Waals surface area contributed by atoms with Crippen LogP contribution in [0.25, 0.3) is 0 Å². The highest BCUT2D eigenvalue weighted by molar-refractivity contribution is 9.10. The Hall–Kier alpha value is -4.48. The number of rotatable bonds is 23. The summed E-state index contributed by atoms with van der Waals surface area (Å²) < 4.78 is 1.18. The van der Waals surface area contributed by atoms with E-state index in [1.807, 2.05) is 0 Å². The number of nitrogens with two attached hydrogens (primary N) is 4. The number of halogens is 2. The molecule has 16 N–H and O–H groups in total. The molecule has 0 fully saturated rings. The molecule has 0 saturated carbocycles. The van der Waals surface area contributed by atoms with Crippen LogP contribution >= 0.6 is 55.4 Å². The van der Waals surface area contributed by atoms with Gasteiger partial charge >= 0.3 is 0 Å². The highest BCUT2D eigenvalue weighted by atomic mass is 79.9. The van der Waals surface area contributed by atoms with E-state index in [0.29, 0.717) is 98.4 Å². The van der Waals surface area contributed by atoms with Gasteiger partial charge in [0.1, 0.15) is 17.7 Å². The first kappa shape index (κ1) is 46.9. The van der Waals surface area contributed by atoms with Gasteiger partial charge in [0.15, 0.2) is 11.9 Å². The first-order chi connectivity index (χ1) is 27.3. The molecule has 308 valence electrons. The lowest BCUT2D eigenvalue weighted by Gasteiger charge is -2.17. The maximum absolute atomic E-state index is 13.6. The molecule has 57 heavy (non-hydrogen) atoms. The van der Waals surface area contributed by atoms with Crippen molar-refractivity contribution in [3.8, 4) is 0 Å². The third-order valence-electron chi connectivity index (χ3n) is 7.55. The molecule has 1 aromatic heterocycles. The van der Waals surface area contributed by atoms with E-state index in [0.717, 1.165) is 19.2 Å². The van der Waals surface area contributed by atoms with Crippen molar-refractivity contribution in [2.75, 3.05) is 59.0 Å². The van der Waals surface area contributed by atoms with E-state index in [1.54, 1.807) is 24.3 Å². The van der Waals surface area contributed by atoms with Crippen molar-refractivity contribution in [1.29, 1.82) is 10.8 Å². The van der Waals surface area contributed by atoms with Crippen molar-refractivity contribution in [2.45, 2.75) is 54.7 Å². The average Bonchev–Trinajstić information content (AvgIpc) is 3.15. The molecule has 3 aromatic rings. The zero-order valence-corrected chi connectivity index (χ0v) is 35.9. The molecule has 0 saturated heterocycles. The summed E-state index contributed by atoms with van der Waals surface area (Å²) >= 11 is 9.66. The molecule has 0 atom stereocenters. The van der Waals surface area contributed by atoms with Crippen LogP contribution in [0.4, 0.5) is 22.7 Å². The number of anilines is 4. The van der Waals surface area contributed by atoms with Crippen molar-refractivity contribution in [2.24, 2.45) is 22.9 Å². The Morgan fingerprint density at radius 2 is 0.982 bits per heavy atom. The number of hydrogen-bond donors (Lipinski definition) is 12. The molecule has 4 amide bonds. The second-order valence-corrected chi connectivity index (χ2v) is 16.2. The Bertz CT molecular complexity index is 1910. The largest absolute Gasteiger partial charge is 0.370 e. The average molecular weight is 953 g/mol. The lowest BCUT2D eigenvalue weighted by Crippen LogP contribution is -2.30. The van der Waals surface area contributed by atoms with E-state index in [4.69, 9.17) is 33.8 Å². The molecule has 22 heteroatoms. The number of nitrogens with one attached hydrogen (secondary N) is 8. The van der Waals surface area contributed by atoms with Crippen molar-refractivity contribution in [1.82, 2.24) is 20.6 Å². The molecule has 0 unspecified atom stereocenters. The standard InChI is InChI=1S/C35H48Br2N14O4S2/c36-20-14-22(48-28(52)6-2-1-4-10-44-34(40)41)30(56-12-8-38)24(16-20)50-32(54)26-18-27(47-19-46-26)33(55)51-25-17-21(37)15-23(31(25)57-13-9-39)49-29(53)7-3-5-11-45-35(42)43/h14-19H,1-13,38-39H2,(H,48,52)(H,49,53)(H,50,54)(H,51,55)(H4,40,41,44)(H4,42,43,45). The summed E-state index contributed by atoms with van der Waals surface area (Å²) in [5.74, 6) is -0.912. The Balaban J connectivity index is 1.77. The second kappa shape index (κ2) is 25.0. The van der Waals surface area contributed by atoms with Gasteiger partial charge in [0.25, 0.3) is 11.8 Å². The van der Waals surface area contributed by atoms with Crippen molar-refractivity contribution in [3.63, 3.8) is 0 Å². The van der Waals surface area contributed by atoms with E-state index >= 15 is 0 Å². The third kappa shape index (κ3) is 16.9. The molecule has 1 heterocycles. The predicted octanol–water partition coefficient (Wildman–Crippen LogP) is 4.18. The lowest BCUT2D eigenvalue weighted by molar-refractivity contribution is -0.117. The van der Waals surface area contributed by atoms with Crippen LogP contribution in [0, 0.1) is 10.8 Å². The summed E-state index contributed by atoms with van der Waals surface area (Å²) in [5.41, 5.74) is 23.8. The number of nitrogens with zero attached hydrogens (tertiary/aromatic N) is 2. The first-order valence-corrected chi connectivity index (χ1v) is 21.4. The van der Waals surface area contributed by atoms with Crippen LogP contribution in [0.5, 0.6) is 0 Å². The molecule has 0 aliphatic rings. The van der Waals surface area contributed by atoms with Crippen LogP contribution in [0.2, 0.25) is 0 Å². The minimum atomic E-state index is -0.629. The fraction of sp³-hybridized carbons (Fsp3) is 0.371. The zero-order valence-electron chi connectivity index (χ0n) is 31.1. The summed E-state index contributed by atoms with van der Waals surface area (Å²) in [4.78, 5) is 62.4. The first-order valence-electron chi connectivity index (χ1n) is 17.8. The predicted molar refractivity (Wildman–Crippen MR) is 235 cm³/mol. The molecule has 0 bridgehead atoms. The normalized spacial score (nSPS) is 10.7. The van der Waals surface area contributed by atoms with Gasteiger partial charge < -0.3 is 54.8 Å². The summed E-state index contributed by atoms with van der Waals surface area (Å²) in [6.45, 7) is 1.72. The van der Waals surface area contributed by atoms with Crippen LogP contribution in [0.1, 0.15) is 65.9 Å². The van der Waals surface area contributed by atoms with Gasteiger partial charge in [-0.15, -0.1) is 23.5 Å². The summed E-state index contributed by atoms with van der Waals surface area (Å²) in [7, 11) is 0. The van der Waals surface area contributed by atoms with Gasteiger partial charge in [0.05, 0.1) is 32.5 Å². The molecule has 18 nitrogen and oxygen atoms in total. The number of thioether (sulfide) groups is 2. The number of guanidine groups is 2. The zero-order chi connectivity index (χ0) is 41.7. The Morgan fingerprint density at radius 1 is 0.596 bits per heavy atom. The van der Waals surface area contributed by atoms with E-state index in [1.165, 1.54) is 29.6 Å². The summed E-state index contributed by atoms with van der Waals surface area (Å²) in [6.07, 6.45) is 4.97. The van der Waals surface area contributed by atoms with Crippen molar-refractivity contribution in [3.05, 3.63) is 57.0 Å². The van der Waals surface area contributed by atoms with Crippen LogP contribution in [0.3, 0.4) is 0 Å². The quantitative estimate of drug-likeness (QED) is 0.0275. The highest BCUT2D eigenvalue weighted by Gasteiger charge is 2.21. The smallest absolute Gasteiger partial charge is 0.274 e. The molecular weight excluding hydrogens is 904 g/mol. The maximum Gasteiger partial charge on any atom is 0.274 e. The van der Waals surface area contributed by atoms with E-state index in [2.05, 4.69) is 73.7 Å². The molecule has 2 aromatic carbocycles. The number of hydrogen-bond acceptors (Lipinski definition) is 12. The topological polar surface area (TPSA) is 318 Å². The Kier molecular flexibility index (Phi) is 20.6. The number of carbonyl (C=O) groups is 4. The van der Waals surface area contributed by atoms with Gasteiger partial charge in [-0.2, -0.15) is 0 Å². The monoisotopic (exact) mass is 950 g/mol. The molecule has 0 spiro atoms. The number of amides is 4. The van der Waals surface area contributed by atoms with Crippen LogP contribution in [-0.2, 0) is 9.59 Å². The fourth-order valence-electron chi connectivity index (χ4n) is 5.04. The molecular formula is C35H48Br2N14O4S2. The minimum absolute atomic E-state index is 0.0897. The van der Waals surface area contributed by atoms with Gasteiger partial charge in [0.2, 0.25) is 11.8 Å². The number of aromatic nitrogens is 2. The second-order valence-electron chi connectivity index (χ2n) is 12.2. The summed E-state index contributed by atoms with van der Waals surface area (Å²) in [6, 6.07) is 8.12. The van der Waals surface area contributed by atoms with Gasteiger partial charge in [0, 0.05) is 65.5 Å². The fourth-order valence-corrected chi connectivity index (χ4v) is 7.66. The van der Waals surface area contributed by atoms with Gasteiger partial charge in [-0.3, -0.25) is 30.0 Å². The van der Waals surface area contributed by atoms with Gasteiger partial charge in [-0.25, -0.2) is 9.97 Å². The molecule has 3 rings (SSSR count). The van der Waals surface area contributed by atoms with E-state index in [9.17, 15) is 19.2 Å².